The monoisotopic (exact) mass is 1420 g/mol. The number of hydrogen-bond acceptors (Lipinski definition) is 9. The van der Waals surface area contributed by atoms with Gasteiger partial charge in [-0.3, -0.25) is 33.4 Å². The van der Waals surface area contributed by atoms with Crippen molar-refractivity contribution in [3.8, 4) is 44.5 Å². The lowest BCUT2D eigenvalue weighted by molar-refractivity contribution is 0.0755. The summed E-state index contributed by atoms with van der Waals surface area (Å²) in [6, 6.07) is 60.2. The SMILES string of the molecule is Cn1cc(-c2ccc(CN3Cc4ccccc4S3(=O)=O)c(F)c2)cn1.Cn1cc(-c2ccc(CN3Cc4cccnc4C3=O)c(F)c2)cn1.Cn1ccc2ccc(-c3ccc(CN4Cc5ccccc5C4=O)c(F)c3)cc21.Cn1ncc2ccc(-c3ccc(CN4Cc5ccccc5C4=O)c(F)c3)cc21. The number of nitrogens with zero attached hydrogens (tertiary/aromatic N) is 12. The minimum Gasteiger partial charge on any atom is -0.351 e. The summed E-state index contributed by atoms with van der Waals surface area (Å²) in [6.45, 7) is 2.56. The van der Waals surface area contributed by atoms with E-state index in [0.717, 1.165) is 88.6 Å². The predicted octanol–water partition coefficient (Wildman–Crippen LogP) is 15.4. The van der Waals surface area contributed by atoms with E-state index in [1.165, 1.54) is 16.4 Å². The normalized spacial score (nSPS) is 14.0. The van der Waals surface area contributed by atoms with E-state index in [-0.39, 0.29) is 67.9 Å². The lowest BCUT2D eigenvalue weighted by Gasteiger charge is -2.16. The Morgan fingerprint density at radius 1 is 0.390 bits per heavy atom. The van der Waals surface area contributed by atoms with Gasteiger partial charge in [0.2, 0.25) is 10.0 Å². The summed E-state index contributed by atoms with van der Waals surface area (Å²) in [4.78, 5) is 46.8. The molecule has 3 amide bonds. The molecule has 0 saturated carbocycles. The zero-order valence-electron chi connectivity index (χ0n) is 57.6. The van der Waals surface area contributed by atoms with Gasteiger partial charge in [0, 0.05) is 166 Å². The fourth-order valence-electron chi connectivity index (χ4n) is 13.8. The van der Waals surface area contributed by atoms with Crippen molar-refractivity contribution in [3.63, 3.8) is 0 Å². The van der Waals surface area contributed by atoms with Gasteiger partial charge in [-0.2, -0.15) is 19.6 Å². The number of hydrogen-bond donors (Lipinski definition) is 0. The molecule has 0 radical (unpaired) electrons. The third kappa shape index (κ3) is 13.9. The van der Waals surface area contributed by atoms with Crippen LogP contribution in [0.15, 0.2) is 248 Å². The highest BCUT2D eigenvalue weighted by atomic mass is 32.2. The second kappa shape index (κ2) is 28.4. The fraction of sp³-hybridized carbons (Fsp3) is 0.145. The maximum absolute atomic E-state index is 14.8. The lowest BCUT2D eigenvalue weighted by Crippen LogP contribution is -2.24. The van der Waals surface area contributed by atoms with Crippen molar-refractivity contribution in [2.45, 2.75) is 57.3 Å². The first-order valence-electron chi connectivity index (χ1n) is 33.9. The molecule has 18 rings (SSSR count). The number of aryl methyl sites for hydroxylation is 4. The molecule has 17 nitrogen and oxygen atoms in total. The van der Waals surface area contributed by atoms with E-state index in [0.29, 0.717) is 63.6 Å². The molecule has 0 bridgehead atoms. The molecule has 0 aliphatic carbocycles. The maximum Gasteiger partial charge on any atom is 0.273 e. The summed E-state index contributed by atoms with van der Waals surface area (Å²) in [5.41, 5.74) is 16.2. The van der Waals surface area contributed by atoms with Crippen molar-refractivity contribution < 1.29 is 40.4 Å². The summed E-state index contributed by atoms with van der Waals surface area (Å²) in [5.74, 6) is -1.56. The number of rotatable bonds is 12. The minimum absolute atomic E-state index is 0.0101. The van der Waals surface area contributed by atoms with Crippen LogP contribution in [0.25, 0.3) is 66.3 Å². The Morgan fingerprint density at radius 3 is 1.30 bits per heavy atom. The van der Waals surface area contributed by atoms with Crippen molar-refractivity contribution in [2.24, 2.45) is 28.2 Å². The van der Waals surface area contributed by atoms with Crippen molar-refractivity contribution in [3.05, 3.63) is 328 Å². The molecule has 22 heteroatoms. The molecule has 4 aliphatic heterocycles. The molecule has 0 atom stereocenters. The van der Waals surface area contributed by atoms with Crippen LogP contribution in [0, 0.1) is 23.3 Å². The highest BCUT2D eigenvalue weighted by molar-refractivity contribution is 7.89. The number of pyridine rings is 1. The van der Waals surface area contributed by atoms with Crippen LogP contribution < -0.4 is 0 Å². The van der Waals surface area contributed by atoms with E-state index in [1.807, 2.05) is 137 Å². The van der Waals surface area contributed by atoms with Gasteiger partial charge in [0.25, 0.3) is 17.7 Å². The van der Waals surface area contributed by atoms with Crippen LogP contribution in [-0.2, 0) is 90.6 Å². The third-order valence-corrected chi connectivity index (χ3v) is 21.4. The van der Waals surface area contributed by atoms with E-state index < -0.39 is 15.8 Å². The average Bonchev–Trinajstić information content (AvgIpc) is 1.61. The summed E-state index contributed by atoms with van der Waals surface area (Å²) in [5, 5.41) is 14.6. The van der Waals surface area contributed by atoms with Crippen LogP contribution in [0.3, 0.4) is 0 Å². The molecule has 0 spiro atoms. The Morgan fingerprint density at radius 2 is 0.819 bits per heavy atom. The number of aromatic nitrogens is 8. The fourth-order valence-corrected chi connectivity index (χ4v) is 15.4. The van der Waals surface area contributed by atoms with E-state index in [9.17, 15) is 40.4 Å². The zero-order chi connectivity index (χ0) is 72.8. The number of carbonyl (C=O) groups is 3. The quantitative estimate of drug-likeness (QED) is 0.108. The standard InChI is InChI=1S/C24H19FN2O.C23H18FN3O.C18H15FN4O.C18H16FN3O2S/c1-26-11-10-16-6-7-18(13-23(16)26)17-8-9-20(22(25)12-17)15-27-14-19-4-2-3-5-21(19)24(27)28;1-26-22-11-16(6-8-17(22)12-25-26)15-7-9-19(21(24)10-15)14-27-13-18-4-2-3-5-20(18)23(27)28;1-22-9-15(8-21-22)12-4-5-13(16(19)7-12)10-23-11-14-3-2-6-20-17(14)18(23)24;1-21-10-16(9-20-21)13-6-7-14(17(19)8-13)11-22-12-15-4-2-3-5-18(15)25(22,23)24/h2-13H,14-15H2,1H3;2-12H,13-14H2,1H3;2-9H,10-11H2,1H3;2-10H,11-12H2,1H3. The molecule has 0 saturated heterocycles. The summed E-state index contributed by atoms with van der Waals surface area (Å²) in [6.07, 6.45) is 12.4. The van der Waals surface area contributed by atoms with Crippen molar-refractivity contribution >= 4 is 49.6 Å². The van der Waals surface area contributed by atoms with E-state index in [2.05, 4.69) is 43.0 Å². The van der Waals surface area contributed by atoms with E-state index >= 15 is 0 Å². The largest absolute Gasteiger partial charge is 0.351 e. The second-order valence-corrected chi connectivity index (χ2v) is 28.4. The minimum atomic E-state index is -3.57. The van der Waals surface area contributed by atoms with Gasteiger partial charge in [-0.15, -0.1) is 0 Å². The Hall–Kier alpha value is -12.4. The molecule has 9 heterocycles. The molecule has 524 valence electrons. The van der Waals surface area contributed by atoms with Crippen LogP contribution in [0.2, 0.25) is 0 Å². The summed E-state index contributed by atoms with van der Waals surface area (Å²) < 4.78 is 92.3. The van der Waals surface area contributed by atoms with Gasteiger partial charge in [-0.25, -0.2) is 26.0 Å². The van der Waals surface area contributed by atoms with Gasteiger partial charge >= 0.3 is 0 Å². The van der Waals surface area contributed by atoms with Crippen LogP contribution in [-0.4, -0.2) is 84.0 Å². The molecular weight excluding hydrogens is 1350 g/mol. The van der Waals surface area contributed by atoms with Crippen LogP contribution in [0.4, 0.5) is 17.6 Å². The van der Waals surface area contributed by atoms with Gasteiger partial charge in [-0.05, 0) is 122 Å². The Kier molecular flexibility index (Phi) is 18.5. The van der Waals surface area contributed by atoms with Crippen LogP contribution in [0.5, 0.6) is 0 Å². The highest BCUT2D eigenvalue weighted by Gasteiger charge is 2.35. The van der Waals surface area contributed by atoms with Gasteiger partial charge in [0.1, 0.15) is 29.0 Å². The molecule has 5 aromatic heterocycles. The third-order valence-electron chi connectivity index (χ3n) is 19.5. The van der Waals surface area contributed by atoms with Crippen molar-refractivity contribution in [1.82, 2.24) is 57.9 Å². The second-order valence-electron chi connectivity index (χ2n) is 26.5. The first kappa shape index (κ1) is 68.4. The van der Waals surface area contributed by atoms with E-state index in [1.54, 1.807) is 133 Å². The first-order valence-corrected chi connectivity index (χ1v) is 35.4. The number of carbonyl (C=O) groups excluding carboxylic acids is 3. The van der Waals surface area contributed by atoms with Gasteiger partial charge in [-0.1, -0.05) is 133 Å². The van der Waals surface area contributed by atoms with Crippen molar-refractivity contribution in [2.75, 3.05) is 0 Å². The molecule has 4 aliphatic rings. The number of amides is 3. The molecule has 0 fully saturated rings. The molecule has 0 unspecified atom stereocenters. The van der Waals surface area contributed by atoms with Crippen molar-refractivity contribution in [1.29, 1.82) is 0 Å². The molecule has 14 aromatic rings. The number of benzene rings is 9. The van der Waals surface area contributed by atoms with Gasteiger partial charge in [0.15, 0.2) is 0 Å². The van der Waals surface area contributed by atoms with Gasteiger partial charge < -0.3 is 19.3 Å². The Bertz CT molecular complexity index is 5670. The maximum atomic E-state index is 14.8. The molecule has 9 aromatic carbocycles. The first-order chi connectivity index (χ1) is 50.8. The molecular formula is C83H68F4N12O5S. The Balaban J connectivity index is 0.000000113. The van der Waals surface area contributed by atoms with E-state index in [4.69, 9.17) is 0 Å². The number of sulfonamides is 1. The zero-order valence-corrected chi connectivity index (χ0v) is 58.4. The molecule has 0 N–H and O–H groups in total. The highest BCUT2D eigenvalue weighted by Crippen LogP contribution is 2.35. The molecule has 105 heavy (non-hydrogen) atoms. The summed E-state index contributed by atoms with van der Waals surface area (Å²) in [7, 11) is 3.94. The number of halogens is 4. The van der Waals surface area contributed by atoms with Gasteiger partial charge in [0.05, 0.1) is 29.0 Å². The summed E-state index contributed by atoms with van der Waals surface area (Å²) >= 11 is 0. The average molecular weight is 1420 g/mol. The topological polar surface area (TPSA) is 170 Å². The van der Waals surface area contributed by atoms with Crippen LogP contribution in [0.1, 0.15) is 75.7 Å². The van der Waals surface area contributed by atoms with Crippen LogP contribution >= 0.6 is 0 Å². The lowest BCUT2D eigenvalue weighted by atomic mass is 10.0. The smallest absolute Gasteiger partial charge is 0.273 e. The number of fused-ring (bicyclic) bond motifs is 6. The predicted molar refractivity (Wildman–Crippen MR) is 392 cm³/mol. The Labute approximate surface area is 602 Å².